The molecule has 3 aromatic carbocycles. The van der Waals surface area contributed by atoms with Crippen molar-refractivity contribution in [2.75, 3.05) is 17.7 Å². The van der Waals surface area contributed by atoms with Gasteiger partial charge in [0.2, 0.25) is 5.91 Å². The van der Waals surface area contributed by atoms with Crippen LogP contribution < -0.4 is 4.90 Å². The van der Waals surface area contributed by atoms with Crippen molar-refractivity contribution in [1.82, 2.24) is 0 Å². The number of carbonyl (C=O) groups excluding carboxylic acids is 1. The summed E-state index contributed by atoms with van der Waals surface area (Å²) in [6, 6.07) is 20.8. The second kappa shape index (κ2) is 8.92. The first kappa shape index (κ1) is 22.3. The summed E-state index contributed by atoms with van der Waals surface area (Å²) in [6.07, 6.45) is 1.58. The lowest BCUT2D eigenvalue weighted by Gasteiger charge is -2.18. The number of anilines is 1. The molecule has 1 aliphatic heterocycles. The largest absolute Gasteiger partial charge is 0.312 e. The maximum atomic E-state index is 12.8. The Kier molecular flexibility index (Phi) is 6.22. The molecule has 1 atom stereocenters. The molecule has 5 nitrogen and oxygen atoms in total. The van der Waals surface area contributed by atoms with E-state index in [4.69, 9.17) is 0 Å². The summed E-state index contributed by atoms with van der Waals surface area (Å²) in [5.41, 5.74) is 3.80. The SMILES string of the molecule is C=Nc1ccc([C@H]2CC(=O)N(c3ccc(S(C)(=O)=O)cc3)C2)cc1Sc1ccccc1C. The van der Waals surface area contributed by atoms with Gasteiger partial charge in [-0.3, -0.25) is 9.79 Å². The highest BCUT2D eigenvalue weighted by molar-refractivity contribution is 7.99. The topological polar surface area (TPSA) is 66.8 Å². The molecule has 0 N–H and O–H groups in total. The zero-order chi connectivity index (χ0) is 22.9. The number of amides is 1. The smallest absolute Gasteiger partial charge is 0.227 e. The Labute approximate surface area is 193 Å². The van der Waals surface area contributed by atoms with Crippen LogP contribution in [-0.4, -0.2) is 33.8 Å². The predicted molar refractivity (Wildman–Crippen MR) is 130 cm³/mol. The summed E-state index contributed by atoms with van der Waals surface area (Å²) in [4.78, 5) is 21.1. The highest BCUT2D eigenvalue weighted by Crippen LogP contribution is 2.40. The number of sulfone groups is 1. The Morgan fingerprint density at radius 3 is 2.41 bits per heavy atom. The number of hydrogen-bond donors (Lipinski definition) is 0. The molecule has 3 aromatic rings. The first-order chi connectivity index (χ1) is 15.3. The number of carbonyl (C=O) groups is 1. The van der Waals surface area contributed by atoms with Crippen LogP contribution in [0.3, 0.4) is 0 Å². The van der Waals surface area contributed by atoms with Gasteiger partial charge in [-0.05, 0) is 67.2 Å². The monoisotopic (exact) mass is 464 g/mol. The number of aliphatic imine (C=N–C) groups is 1. The van der Waals surface area contributed by atoms with Crippen molar-refractivity contribution in [3.8, 4) is 0 Å². The number of hydrogen-bond acceptors (Lipinski definition) is 5. The molecule has 0 unspecified atom stereocenters. The molecule has 0 spiro atoms. The fourth-order valence-corrected chi connectivity index (χ4v) is 5.52. The van der Waals surface area contributed by atoms with E-state index in [1.807, 2.05) is 24.3 Å². The summed E-state index contributed by atoms with van der Waals surface area (Å²) in [5.74, 6) is 0.0771. The first-order valence-electron chi connectivity index (χ1n) is 10.2. The Morgan fingerprint density at radius 1 is 1.03 bits per heavy atom. The van der Waals surface area contributed by atoms with Gasteiger partial charge in [0, 0.05) is 40.6 Å². The highest BCUT2D eigenvalue weighted by Gasteiger charge is 2.32. The molecule has 164 valence electrons. The second-order valence-corrected chi connectivity index (χ2v) is 11.0. The van der Waals surface area contributed by atoms with Gasteiger partial charge in [0.15, 0.2) is 9.84 Å². The molecule has 0 bridgehead atoms. The van der Waals surface area contributed by atoms with Crippen molar-refractivity contribution >= 4 is 45.6 Å². The van der Waals surface area contributed by atoms with Crippen LogP contribution in [0.2, 0.25) is 0 Å². The average Bonchev–Trinajstić information content (AvgIpc) is 3.16. The number of benzene rings is 3. The van der Waals surface area contributed by atoms with Crippen LogP contribution in [-0.2, 0) is 14.6 Å². The van der Waals surface area contributed by atoms with Crippen LogP contribution in [0.15, 0.2) is 86.4 Å². The van der Waals surface area contributed by atoms with Gasteiger partial charge in [-0.2, -0.15) is 0 Å². The lowest BCUT2D eigenvalue weighted by molar-refractivity contribution is -0.117. The van der Waals surface area contributed by atoms with Crippen molar-refractivity contribution in [2.24, 2.45) is 4.99 Å². The minimum atomic E-state index is -3.27. The van der Waals surface area contributed by atoms with E-state index in [2.05, 4.69) is 36.8 Å². The van der Waals surface area contributed by atoms with Gasteiger partial charge in [-0.1, -0.05) is 36.0 Å². The molecule has 1 amide bonds. The fraction of sp³-hybridized carbons (Fsp3) is 0.200. The van der Waals surface area contributed by atoms with Gasteiger partial charge in [0.05, 0.1) is 10.6 Å². The predicted octanol–water partition coefficient (Wildman–Crippen LogP) is 5.40. The third kappa shape index (κ3) is 4.64. The van der Waals surface area contributed by atoms with E-state index in [0.29, 0.717) is 18.7 Å². The van der Waals surface area contributed by atoms with E-state index < -0.39 is 9.84 Å². The van der Waals surface area contributed by atoms with Crippen molar-refractivity contribution in [1.29, 1.82) is 0 Å². The molecule has 7 heteroatoms. The first-order valence-corrected chi connectivity index (χ1v) is 12.9. The van der Waals surface area contributed by atoms with Crippen LogP contribution in [0.5, 0.6) is 0 Å². The minimum absolute atomic E-state index is 0.0288. The summed E-state index contributed by atoms with van der Waals surface area (Å²) in [5, 5.41) is 0. The normalized spacial score (nSPS) is 16.4. The Bertz CT molecular complexity index is 1280. The molecule has 0 radical (unpaired) electrons. The maximum Gasteiger partial charge on any atom is 0.227 e. The average molecular weight is 465 g/mol. The molecule has 0 aromatic heterocycles. The van der Waals surface area contributed by atoms with Gasteiger partial charge in [0.25, 0.3) is 0 Å². The van der Waals surface area contributed by atoms with Crippen molar-refractivity contribution in [3.63, 3.8) is 0 Å². The quantitative estimate of drug-likeness (QED) is 0.458. The summed E-state index contributed by atoms with van der Waals surface area (Å²) in [6.45, 7) is 6.33. The van der Waals surface area contributed by atoms with Crippen LogP contribution in [0.1, 0.15) is 23.5 Å². The van der Waals surface area contributed by atoms with Gasteiger partial charge >= 0.3 is 0 Å². The third-order valence-corrected chi connectivity index (χ3v) is 7.99. The highest BCUT2D eigenvalue weighted by atomic mass is 32.2. The van der Waals surface area contributed by atoms with Crippen molar-refractivity contribution in [2.45, 2.75) is 33.9 Å². The number of aryl methyl sites for hydroxylation is 1. The summed E-state index contributed by atoms with van der Waals surface area (Å²) >= 11 is 1.65. The van der Waals surface area contributed by atoms with E-state index in [1.54, 1.807) is 40.9 Å². The second-order valence-electron chi connectivity index (χ2n) is 7.92. The van der Waals surface area contributed by atoms with E-state index in [-0.39, 0.29) is 16.7 Å². The maximum absolute atomic E-state index is 12.8. The van der Waals surface area contributed by atoms with Gasteiger partial charge in [-0.25, -0.2) is 8.42 Å². The van der Waals surface area contributed by atoms with E-state index in [0.717, 1.165) is 21.0 Å². The molecule has 1 heterocycles. The van der Waals surface area contributed by atoms with Crippen LogP contribution in [0.4, 0.5) is 11.4 Å². The molecule has 0 saturated carbocycles. The molecular formula is C25H24N2O3S2. The zero-order valence-electron chi connectivity index (χ0n) is 18.0. The molecule has 1 saturated heterocycles. The van der Waals surface area contributed by atoms with Crippen LogP contribution in [0.25, 0.3) is 0 Å². The van der Waals surface area contributed by atoms with Crippen molar-refractivity contribution in [3.05, 3.63) is 77.9 Å². The Morgan fingerprint density at radius 2 is 1.75 bits per heavy atom. The standard InChI is InChI=1S/C25H24N2O3S2/c1-17-6-4-5-7-23(17)31-24-14-18(8-13-22(24)26-2)19-15-25(28)27(16-19)20-9-11-21(12-10-20)32(3,29)30/h4-14,19H,2,15-16H2,1,3H3/t19-/m0/s1. The molecule has 1 aliphatic rings. The molecular weight excluding hydrogens is 440 g/mol. The molecule has 1 fully saturated rings. The van der Waals surface area contributed by atoms with E-state index in [9.17, 15) is 13.2 Å². The van der Waals surface area contributed by atoms with Crippen LogP contribution in [0, 0.1) is 6.92 Å². The number of rotatable bonds is 6. The zero-order valence-corrected chi connectivity index (χ0v) is 19.6. The van der Waals surface area contributed by atoms with Gasteiger partial charge in [0.1, 0.15) is 0 Å². The van der Waals surface area contributed by atoms with E-state index >= 15 is 0 Å². The fourth-order valence-electron chi connectivity index (χ4n) is 3.84. The lowest BCUT2D eigenvalue weighted by atomic mass is 9.98. The number of nitrogens with zero attached hydrogens (tertiary/aromatic N) is 2. The molecule has 0 aliphatic carbocycles. The van der Waals surface area contributed by atoms with Gasteiger partial charge < -0.3 is 4.90 Å². The third-order valence-electron chi connectivity index (χ3n) is 5.64. The summed E-state index contributed by atoms with van der Waals surface area (Å²) < 4.78 is 23.4. The van der Waals surface area contributed by atoms with Crippen LogP contribution >= 0.6 is 11.8 Å². The molecule has 4 rings (SSSR count). The summed E-state index contributed by atoms with van der Waals surface area (Å²) in [7, 11) is -3.27. The van der Waals surface area contributed by atoms with Gasteiger partial charge in [-0.15, -0.1) is 0 Å². The Balaban J connectivity index is 1.58. The Hall–Kier alpha value is -2.90. The lowest BCUT2D eigenvalue weighted by Crippen LogP contribution is -2.24. The molecule has 32 heavy (non-hydrogen) atoms. The van der Waals surface area contributed by atoms with E-state index in [1.165, 1.54) is 11.8 Å². The minimum Gasteiger partial charge on any atom is -0.312 e. The van der Waals surface area contributed by atoms with Crippen molar-refractivity contribution < 1.29 is 13.2 Å².